The van der Waals surface area contributed by atoms with E-state index in [0.29, 0.717) is 5.56 Å². The number of aromatic nitrogens is 1. The predicted octanol–water partition coefficient (Wildman–Crippen LogP) is 2.06. The van der Waals surface area contributed by atoms with Crippen LogP contribution in [0, 0.1) is 0 Å². The molecule has 1 aromatic carbocycles. The molecule has 1 heterocycles. The molecule has 0 saturated carbocycles. The van der Waals surface area contributed by atoms with Gasteiger partial charge in [-0.3, -0.25) is 0 Å². The molecule has 1 N–H and O–H groups in total. The maximum Gasteiger partial charge on any atom is 0.337 e. The number of nitrogens with zero attached hydrogens (tertiary/aromatic N) is 1. The summed E-state index contributed by atoms with van der Waals surface area (Å²) in [5.41, 5.74) is 0.545. The number of rotatable bonds is 2. The number of nitrogens with one attached hydrogen (secondary N) is 1. The van der Waals surface area contributed by atoms with E-state index in [1.807, 2.05) is 12.1 Å². The van der Waals surface area contributed by atoms with Crippen molar-refractivity contribution >= 4 is 22.6 Å². The molecule has 0 fully saturated rings. The third-order valence-electron chi connectivity index (χ3n) is 2.40. The van der Waals surface area contributed by atoms with Gasteiger partial charge in [-0.2, -0.15) is 0 Å². The van der Waals surface area contributed by atoms with E-state index in [1.165, 1.54) is 7.11 Å². The number of anilines is 1. The summed E-state index contributed by atoms with van der Waals surface area (Å²) < 4.78 is 4.67. The lowest BCUT2D eigenvalue weighted by molar-refractivity contribution is 0.0601. The summed E-state index contributed by atoms with van der Waals surface area (Å²) in [7, 11) is 3.18. The average molecular weight is 216 g/mol. The number of hydrogen-bond donors (Lipinski definition) is 1. The highest BCUT2D eigenvalue weighted by molar-refractivity contribution is 5.95. The molecule has 2 aromatic rings. The lowest BCUT2D eigenvalue weighted by atomic mass is 10.1. The highest BCUT2D eigenvalue weighted by Crippen LogP contribution is 2.18. The fraction of sp³-hybridized carbons (Fsp3) is 0.167. The van der Waals surface area contributed by atoms with E-state index in [9.17, 15) is 4.79 Å². The summed E-state index contributed by atoms with van der Waals surface area (Å²) in [4.78, 5) is 15.6. The summed E-state index contributed by atoms with van der Waals surface area (Å²) >= 11 is 0. The van der Waals surface area contributed by atoms with Crippen molar-refractivity contribution in [3.63, 3.8) is 0 Å². The minimum Gasteiger partial charge on any atom is -0.465 e. The first kappa shape index (κ1) is 10.4. The highest BCUT2D eigenvalue weighted by Gasteiger charge is 2.06. The maximum absolute atomic E-state index is 11.4. The molecule has 2 rings (SSSR count). The SMILES string of the molecule is CNc1cc2cc(C(=O)OC)ccc2cn1. The van der Waals surface area contributed by atoms with Crippen molar-refractivity contribution in [3.05, 3.63) is 36.0 Å². The predicted molar refractivity (Wildman–Crippen MR) is 62.6 cm³/mol. The van der Waals surface area contributed by atoms with E-state index in [-0.39, 0.29) is 5.97 Å². The normalized spacial score (nSPS) is 10.1. The number of methoxy groups -OCH3 is 1. The van der Waals surface area contributed by atoms with E-state index >= 15 is 0 Å². The molecular formula is C12H12N2O2. The van der Waals surface area contributed by atoms with Crippen molar-refractivity contribution in [2.45, 2.75) is 0 Å². The second-order valence-corrected chi connectivity index (χ2v) is 3.37. The molecule has 0 radical (unpaired) electrons. The van der Waals surface area contributed by atoms with E-state index < -0.39 is 0 Å². The van der Waals surface area contributed by atoms with Crippen LogP contribution in [-0.2, 0) is 4.74 Å². The Morgan fingerprint density at radius 3 is 2.81 bits per heavy atom. The fourth-order valence-corrected chi connectivity index (χ4v) is 1.52. The van der Waals surface area contributed by atoms with Gasteiger partial charge in [0, 0.05) is 18.6 Å². The van der Waals surface area contributed by atoms with Gasteiger partial charge in [-0.15, -0.1) is 0 Å². The number of pyridine rings is 1. The minimum atomic E-state index is -0.329. The van der Waals surface area contributed by atoms with E-state index in [2.05, 4.69) is 15.0 Å². The van der Waals surface area contributed by atoms with Gasteiger partial charge < -0.3 is 10.1 Å². The van der Waals surface area contributed by atoms with Crippen molar-refractivity contribution < 1.29 is 9.53 Å². The Hall–Kier alpha value is -2.10. The number of esters is 1. The molecule has 0 unspecified atom stereocenters. The van der Waals surface area contributed by atoms with Gasteiger partial charge in [0.15, 0.2) is 0 Å². The molecule has 0 aliphatic heterocycles. The van der Waals surface area contributed by atoms with Crippen LogP contribution in [0.3, 0.4) is 0 Å². The van der Waals surface area contributed by atoms with Crippen molar-refractivity contribution in [2.75, 3.05) is 19.5 Å². The smallest absolute Gasteiger partial charge is 0.337 e. The second kappa shape index (κ2) is 4.18. The Morgan fingerprint density at radius 1 is 1.31 bits per heavy atom. The Balaban J connectivity index is 2.54. The Morgan fingerprint density at radius 2 is 2.12 bits per heavy atom. The van der Waals surface area contributed by atoms with Gasteiger partial charge in [0.05, 0.1) is 12.7 Å². The van der Waals surface area contributed by atoms with Crippen molar-refractivity contribution in [1.29, 1.82) is 0 Å². The molecular weight excluding hydrogens is 204 g/mol. The number of carbonyl (C=O) groups is 1. The first-order chi connectivity index (χ1) is 7.74. The Kier molecular flexibility index (Phi) is 2.72. The van der Waals surface area contributed by atoms with Crippen LogP contribution in [0.4, 0.5) is 5.82 Å². The quantitative estimate of drug-likeness (QED) is 0.781. The molecule has 1 aromatic heterocycles. The van der Waals surface area contributed by atoms with Crippen LogP contribution in [-0.4, -0.2) is 25.1 Å². The lowest BCUT2D eigenvalue weighted by Crippen LogP contribution is -2.00. The van der Waals surface area contributed by atoms with E-state index in [4.69, 9.17) is 0 Å². The highest BCUT2D eigenvalue weighted by atomic mass is 16.5. The van der Waals surface area contributed by atoms with Crippen LogP contribution < -0.4 is 5.32 Å². The number of ether oxygens (including phenoxy) is 1. The third kappa shape index (κ3) is 1.82. The van der Waals surface area contributed by atoms with Crippen LogP contribution in [0.15, 0.2) is 30.5 Å². The number of fused-ring (bicyclic) bond motifs is 1. The molecule has 0 aliphatic carbocycles. The average Bonchev–Trinajstić information content (AvgIpc) is 2.36. The van der Waals surface area contributed by atoms with Crippen molar-refractivity contribution in [3.8, 4) is 0 Å². The molecule has 82 valence electrons. The van der Waals surface area contributed by atoms with E-state index in [1.54, 1.807) is 25.4 Å². The third-order valence-corrected chi connectivity index (χ3v) is 2.40. The van der Waals surface area contributed by atoms with Crippen LogP contribution >= 0.6 is 0 Å². The topological polar surface area (TPSA) is 51.2 Å². The fourth-order valence-electron chi connectivity index (χ4n) is 1.52. The zero-order valence-corrected chi connectivity index (χ0v) is 9.15. The molecule has 0 bridgehead atoms. The summed E-state index contributed by atoms with van der Waals surface area (Å²) in [6.45, 7) is 0. The van der Waals surface area contributed by atoms with Gasteiger partial charge in [0.1, 0.15) is 5.82 Å². The monoisotopic (exact) mass is 216 g/mol. The van der Waals surface area contributed by atoms with Gasteiger partial charge in [-0.1, -0.05) is 6.07 Å². The zero-order chi connectivity index (χ0) is 11.5. The first-order valence-corrected chi connectivity index (χ1v) is 4.90. The van der Waals surface area contributed by atoms with Gasteiger partial charge in [-0.05, 0) is 23.6 Å². The summed E-state index contributed by atoms with van der Waals surface area (Å²) in [6, 6.07) is 7.27. The molecule has 4 heteroatoms. The first-order valence-electron chi connectivity index (χ1n) is 4.90. The van der Waals surface area contributed by atoms with Gasteiger partial charge in [0.2, 0.25) is 0 Å². The Bertz CT molecular complexity index is 538. The molecule has 4 nitrogen and oxygen atoms in total. The molecule has 0 atom stereocenters. The standard InChI is InChI=1S/C12H12N2O2/c1-13-11-6-10-5-8(12(15)16-2)3-4-9(10)7-14-11/h3-7H,1-2H3,(H,13,14). The van der Waals surface area contributed by atoms with Crippen LogP contribution in [0.2, 0.25) is 0 Å². The van der Waals surface area contributed by atoms with Gasteiger partial charge in [-0.25, -0.2) is 9.78 Å². The summed E-state index contributed by atoms with van der Waals surface area (Å²) in [5.74, 6) is 0.444. The van der Waals surface area contributed by atoms with Crippen LogP contribution in [0.1, 0.15) is 10.4 Å². The van der Waals surface area contributed by atoms with E-state index in [0.717, 1.165) is 16.6 Å². The summed E-state index contributed by atoms with van der Waals surface area (Å²) in [6.07, 6.45) is 1.77. The lowest BCUT2D eigenvalue weighted by Gasteiger charge is -2.04. The molecule has 16 heavy (non-hydrogen) atoms. The van der Waals surface area contributed by atoms with Crippen molar-refractivity contribution in [1.82, 2.24) is 4.98 Å². The van der Waals surface area contributed by atoms with Crippen molar-refractivity contribution in [2.24, 2.45) is 0 Å². The minimum absolute atomic E-state index is 0.329. The maximum atomic E-state index is 11.4. The largest absolute Gasteiger partial charge is 0.465 e. The summed E-state index contributed by atoms with van der Waals surface area (Å²) in [5, 5.41) is 4.91. The molecule has 0 spiro atoms. The molecule has 0 amide bonds. The zero-order valence-electron chi connectivity index (χ0n) is 9.15. The van der Waals surface area contributed by atoms with Crippen LogP contribution in [0.5, 0.6) is 0 Å². The molecule has 0 aliphatic rings. The molecule has 0 saturated heterocycles. The van der Waals surface area contributed by atoms with Gasteiger partial charge >= 0.3 is 5.97 Å². The second-order valence-electron chi connectivity index (χ2n) is 3.37. The van der Waals surface area contributed by atoms with Gasteiger partial charge in [0.25, 0.3) is 0 Å². The number of benzene rings is 1. The van der Waals surface area contributed by atoms with Crippen LogP contribution in [0.25, 0.3) is 10.8 Å². The number of carbonyl (C=O) groups excluding carboxylic acids is 1. The number of hydrogen-bond acceptors (Lipinski definition) is 4. The Labute approximate surface area is 93.3 Å².